The second-order valence-electron chi connectivity index (χ2n) is 8.03. The van der Waals surface area contributed by atoms with Crippen LogP contribution in [0, 0.1) is 5.82 Å². The summed E-state index contributed by atoms with van der Waals surface area (Å²) < 4.78 is 18.3. The smallest absolute Gasteiger partial charge is 0.410 e. The number of hydrogen-bond donors (Lipinski definition) is 0. The van der Waals surface area contributed by atoms with Crippen molar-refractivity contribution < 1.29 is 18.7 Å². The van der Waals surface area contributed by atoms with Crippen LogP contribution in [0.1, 0.15) is 48.5 Å². The number of Topliss-reactive ketones (excluding diaryl/α,β-unsaturated/α-hetero) is 1. The Morgan fingerprint density at radius 2 is 1.71 bits per heavy atom. The maximum absolute atomic E-state index is 13.0. The fourth-order valence-corrected chi connectivity index (χ4v) is 4.35. The van der Waals surface area contributed by atoms with Crippen LogP contribution >= 0.6 is 0 Å². The van der Waals surface area contributed by atoms with Crippen molar-refractivity contribution in [1.82, 2.24) is 9.80 Å². The molecule has 1 aliphatic heterocycles. The summed E-state index contributed by atoms with van der Waals surface area (Å²) in [5.41, 5.74) is 1.28. The molecule has 1 aliphatic rings. The van der Waals surface area contributed by atoms with Crippen molar-refractivity contribution in [2.24, 2.45) is 0 Å². The van der Waals surface area contributed by atoms with E-state index in [4.69, 9.17) is 4.74 Å². The number of rotatable bonds is 8. The largest absolute Gasteiger partial charge is 0.450 e. The molecule has 6 heteroatoms. The van der Waals surface area contributed by atoms with Gasteiger partial charge in [0.15, 0.2) is 5.78 Å². The Hall–Kier alpha value is -2.73. The minimum atomic E-state index is -0.395. The number of ketones is 1. The van der Waals surface area contributed by atoms with Gasteiger partial charge in [-0.2, -0.15) is 0 Å². The van der Waals surface area contributed by atoms with Crippen molar-refractivity contribution >= 4 is 11.9 Å². The predicted octanol–water partition coefficient (Wildman–Crippen LogP) is 4.87. The van der Waals surface area contributed by atoms with E-state index in [1.165, 1.54) is 24.3 Å². The van der Waals surface area contributed by atoms with E-state index in [9.17, 15) is 14.0 Å². The van der Waals surface area contributed by atoms with E-state index in [0.717, 1.165) is 44.5 Å². The summed E-state index contributed by atoms with van der Waals surface area (Å²) in [5, 5.41) is 0. The topological polar surface area (TPSA) is 49.9 Å². The van der Waals surface area contributed by atoms with Crippen molar-refractivity contribution in [2.45, 2.75) is 38.1 Å². The van der Waals surface area contributed by atoms with Crippen LogP contribution in [0.15, 0.2) is 54.6 Å². The normalized spacial score (nSPS) is 16.0. The highest BCUT2D eigenvalue weighted by molar-refractivity contribution is 5.95. The second-order valence-corrected chi connectivity index (χ2v) is 8.03. The van der Waals surface area contributed by atoms with Gasteiger partial charge in [0.2, 0.25) is 0 Å². The molecule has 2 aromatic carbocycles. The monoisotopic (exact) mass is 426 g/mol. The highest BCUT2D eigenvalue weighted by Gasteiger charge is 2.42. The summed E-state index contributed by atoms with van der Waals surface area (Å²) in [6.45, 7) is 4.66. The molecule has 0 N–H and O–H groups in total. The molecule has 3 rings (SSSR count). The Balaban J connectivity index is 1.58. The quantitative estimate of drug-likeness (QED) is 0.565. The van der Waals surface area contributed by atoms with Crippen LogP contribution < -0.4 is 0 Å². The Morgan fingerprint density at radius 3 is 2.32 bits per heavy atom. The molecule has 5 nitrogen and oxygen atoms in total. The highest BCUT2D eigenvalue weighted by Crippen LogP contribution is 2.38. The Morgan fingerprint density at radius 1 is 1.06 bits per heavy atom. The zero-order valence-electron chi connectivity index (χ0n) is 18.4. The molecule has 2 aromatic rings. The summed E-state index contributed by atoms with van der Waals surface area (Å²) in [7, 11) is 1.82. The van der Waals surface area contributed by atoms with Gasteiger partial charge < -0.3 is 14.5 Å². The van der Waals surface area contributed by atoms with Crippen molar-refractivity contribution in [1.29, 1.82) is 0 Å². The lowest BCUT2D eigenvalue weighted by Crippen LogP contribution is -2.54. The van der Waals surface area contributed by atoms with E-state index in [1.807, 2.05) is 32.2 Å². The van der Waals surface area contributed by atoms with Gasteiger partial charge in [0.25, 0.3) is 0 Å². The lowest BCUT2D eigenvalue weighted by Gasteiger charge is -2.47. The minimum Gasteiger partial charge on any atom is -0.450 e. The number of benzene rings is 2. The molecule has 0 saturated carbocycles. The molecule has 0 atom stereocenters. The first-order valence-corrected chi connectivity index (χ1v) is 10.9. The van der Waals surface area contributed by atoms with Crippen LogP contribution in [0.25, 0.3) is 0 Å². The molecule has 0 spiro atoms. The van der Waals surface area contributed by atoms with Crippen molar-refractivity contribution in [3.8, 4) is 0 Å². The molecule has 1 heterocycles. The molecule has 0 bridgehead atoms. The molecular weight excluding hydrogens is 395 g/mol. The first kappa shape index (κ1) is 22.9. The van der Waals surface area contributed by atoms with Crippen LogP contribution in [0.2, 0.25) is 0 Å². The second kappa shape index (κ2) is 10.5. The van der Waals surface area contributed by atoms with Gasteiger partial charge in [-0.05, 0) is 62.6 Å². The summed E-state index contributed by atoms with van der Waals surface area (Å²) in [5.74, 6) is -0.294. The van der Waals surface area contributed by atoms with Crippen LogP contribution in [0.5, 0.6) is 0 Å². The fourth-order valence-electron chi connectivity index (χ4n) is 4.35. The lowest BCUT2D eigenvalue weighted by molar-refractivity contribution is 0.0243. The van der Waals surface area contributed by atoms with Crippen LogP contribution in [-0.2, 0) is 10.3 Å². The van der Waals surface area contributed by atoms with E-state index in [1.54, 1.807) is 4.90 Å². The maximum Gasteiger partial charge on any atom is 0.410 e. The number of likely N-dealkylation sites (tertiary alicyclic amines) is 1. The molecule has 0 aliphatic carbocycles. The minimum absolute atomic E-state index is 0.0395. The maximum atomic E-state index is 13.0. The van der Waals surface area contributed by atoms with E-state index < -0.39 is 5.54 Å². The van der Waals surface area contributed by atoms with Crippen molar-refractivity contribution in [3.63, 3.8) is 0 Å². The number of hydrogen-bond acceptors (Lipinski definition) is 4. The molecule has 0 radical (unpaired) electrons. The number of amides is 1. The van der Waals surface area contributed by atoms with E-state index in [2.05, 4.69) is 17.0 Å². The number of carbonyl (C=O) groups is 2. The van der Waals surface area contributed by atoms with E-state index in [0.29, 0.717) is 18.6 Å². The molecule has 1 fully saturated rings. The number of ether oxygens (including phenoxy) is 1. The van der Waals surface area contributed by atoms with Crippen LogP contribution in [-0.4, -0.2) is 55.0 Å². The Labute approximate surface area is 183 Å². The van der Waals surface area contributed by atoms with Gasteiger partial charge >= 0.3 is 6.09 Å². The average Bonchev–Trinajstić information content (AvgIpc) is 2.80. The average molecular weight is 427 g/mol. The number of nitrogens with zero attached hydrogens (tertiary/aromatic N) is 2. The third kappa shape index (κ3) is 5.50. The Kier molecular flexibility index (Phi) is 7.80. The molecular formula is C25H31FN2O3. The van der Waals surface area contributed by atoms with Gasteiger partial charge in [-0.15, -0.1) is 0 Å². The number of piperidine rings is 1. The first-order valence-electron chi connectivity index (χ1n) is 10.9. The van der Waals surface area contributed by atoms with E-state index >= 15 is 0 Å². The molecule has 0 aromatic heterocycles. The van der Waals surface area contributed by atoms with E-state index in [-0.39, 0.29) is 17.7 Å². The number of halogens is 1. The summed E-state index contributed by atoms with van der Waals surface area (Å²) in [4.78, 5) is 28.9. The van der Waals surface area contributed by atoms with Gasteiger partial charge in [0.05, 0.1) is 12.1 Å². The third-order valence-corrected chi connectivity index (χ3v) is 6.22. The van der Waals surface area contributed by atoms with Crippen LogP contribution in [0.4, 0.5) is 9.18 Å². The van der Waals surface area contributed by atoms with Crippen molar-refractivity contribution in [3.05, 3.63) is 71.5 Å². The SMILES string of the molecule is CCOC(=O)N(C)C1(c2ccccc2)CCN(CCCC(=O)c2ccc(F)cc2)CC1. The standard InChI is InChI=1S/C25H31FN2O3/c1-3-31-24(30)27(2)25(21-8-5-4-6-9-21)15-18-28(19-16-25)17-7-10-23(29)20-11-13-22(26)14-12-20/h4-6,8-9,11-14H,3,7,10,15-19H2,1-2H3. The number of carbonyl (C=O) groups excluding carboxylic acids is 2. The summed E-state index contributed by atoms with van der Waals surface area (Å²) in [6.07, 6.45) is 2.50. The lowest BCUT2D eigenvalue weighted by atomic mass is 9.79. The molecule has 0 unspecified atom stereocenters. The highest BCUT2D eigenvalue weighted by atomic mass is 19.1. The molecule has 1 amide bonds. The zero-order chi connectivity index (χ0) is 22.3. The predicted molar refractivity (Wildman–Crippen MR) is 119 cm³/mol. The molecule has 166 valence electrons. The van der Waals surface area contributed by atoms with Crippen LogP contribution in [0.3, 0.4) is 0 Å². The first-order chi connectivity index (χ1) is 15.0. The van der Waals surface area contributed by atoms with Gasteiger partial charge in [0, 0.05) is 32.1 Å². The Bertz CT molecular complexity index is 862. The fraction of sp³-hybridized carbons (Fsp3) is 0.440. The van der Waals surface area contributed by atoms with Gasteiger partial charge in [-0.3, -0.25) is 4.79 Å². The van der Waals surface area contributed by atoms with Gasteiger partial charge in [0.1, 0.15) is 5.82 Å². The summed E-state index contributed by atoms with van der Waals surface area (Å²) in [6, 6.07) is 15.9. The van der Waals surface area contributed by atoms with Gasteiger partial charge in [-0.25, -0.2) is 9.18 Å². The molecule has 1 saturated heterocycles. The summed E-state index contributed by atoms with van der Waals surface area (Å²) >= 11 is 0. The van der Waals surface area contributed by atoms with Crippen molar-refractivity contribution in [2.75, 3.05) is 33.3 Å². The zero-order valence-corrected chi connectivity index (χ0v) is 18.4. The van der Waals surface area contributed by atoms with Gasteiger partial charge in [-0.1, -0.05) is 30.3 Å². The molecule has 31 heavy (non-hydrogen) atoms. The third-order valence-electron chi connectivity index (χ3n) is 6.22.